The molecule has 8 nitrogen and oxygen atoms in total. The van der Waals surface area contributed by atoms with E-state index < -0.39 is 11.7 Å². The van der Waals surface area contributed by atoms with Crippen molar-refractivity contribution in [3.63, 3.8) is 0 Å². The van der Waals surface area contributed by atoms with Crippen molar-refractivity contribution in [1.82, 2.24) is 15.3 Å². The number of nitrogens with one attached hydrogen (secondary N) is 1. The predicted molar refractivity (Wildman–Crippen MR) is 83.4 cm³/mol. The van der Waals surface area contributed by atoms with Crippen molar-refractivity contribution in [3.8, 4) is 5.75 Å². The maximum Gasteiger partial charge on any atom is 0.270 e. The minimum absolute atomic E-state index is 0.0678. The molecule has 4 N–H and O–H groups in total. The maximum atomic E-state index is 13.4. The summed E-state index contributed by atoms with van der Waals surface area (Å²) in [6.07, 6.45) is 0. The molecule has 0 bridgehead atoms. The second-order valence-electron chi connectivity index (χ2n) is 4.82. The number of nitrogens with two attached hydrogens (primary N) is 1. The van der Waals surface area contributed by atoms with Crippen LogP contribution in [0.4, 0.5) is 4.39 Å². The Kier molecular flexibility index (Phi) is 5.25. The van der Waals surface area contributed by atoms with Gasteiger partial charge in [0.05, 0.1) is 7.11 Å². The number of amidine groups is 1. The fraction of sp³-hybridized carbons (Fsp3) is 0.200. The maximum absolute atomic E-state index is 13.4. The number of nitrogens with zero attached hydrogens (tertiary/aromatic N) is 3. The van der Waals surface area contributed by atoms with Gasteiger partial charge in [-0.2, -0.15) is 0 Å². The number of methoxy groups -OCH3 is 1. The van der Waals surface area contributed by atoms with Gasteiger partial charge >= 0.3 is 0 Å². The summed E-state index contributed by atoms with van der Waals surface area (Å²) in [5, 5.41) is 14.2. The van der Waals surface area contributed by atoms with Crippen molar-refractivity contribution in [2.24, 2.45) is 10.9 Å². The number of hydrogen-bond donors (Lipinski definition) is 3. The smallest absolute Gasteiger partial charge is 0.270 e. The molecule has 0 unspecified atom stereocenters. The van der Waals surface area contributed by atoms with Gasteiger partial charge in [-0.1, -0.05) is 11.2 Å². The molecule has 0 atom stereocenters. The zero-order valence-corrected chi connectivity index (χ0v) is 13.1. The first-order chi connectivity index (χ1) is 11.4. The van der Waals surface area contributed by atoms with Gasteiger partial charge in [0.25, 0.3) is 5.91 Å². The molecule has 1 heterocycles. The summed E-state index contributed by atoms with van der Waals surface area (Å²) < 4.78 is 18.2. The van der Waals surface area contributed by atoms with Gasteiger partial charge in [0.2, 0.25) is 0 Å². The lowest BCUT2D eigenvalue weighted by Crippen LogP contribution is -2.26. The monoisotopic (exact) mass is 333 g/mol. The Morgan fingerprint density at radius 1 is 1.38 bits per heavy atom. The molecule has 1 aromatic heterocycles. The Hall–Kier alpha value is -3.23. The molecule has 0 fully saturated rings. The van der Waals surface area contributed by atoms with Crippen LogP contribution in [-0.4, -0.2) is 34.0 Å². The average molecular weight is 333 g/mol. The van der Waals surface area contributed by atoms with E-state index in [0.717, 1.165) is 0 Å². The third kappa shape index (κ3) is 3.94. The highest BCUT2D eigenvalue weighted by Gasteiger charge is 2.13. The largest absolute Gasteiger partial charge is 0.494 e. The minimum Gasteiger partial charge on any atom is -0.494 e. The van der Waals surface area contributed by atoms with Gasteiger partial charge in [-0.25, -0.2) is 14.4 Å². The summed E-state index contributed by atoms with van der Waals surface area (Å²) >= 11 is 0. The van der Waals surface area contributed by atoms with Gasteiger partial charge in [-0.3, -0.25) is 4.79 Å². The second-order valence-corrected chi connectivity index (χ2v) is 4.82. The number of ether oxygens (including phenoxy) is 1. The number of hydrogen-bond acceptors (Lipinski definition) is 6. The van der Waals surface area contributed by atoms with Crippen LogP contribution in [0.5, 0.6) is 5.75 Å². The van der Waals surface area contributed by atoms with Gasteiger partial charge in [0.1, 0.15) is 17.2 Å². The predicted octanol–water partition coefficient (Wildman–Crippen LogP) is 0.957. The zero-order valence-electron chi connectivity index (χ0n) is 13.1. The van der Waals surface area contributed by atoms with Gasteiger partial charge in [-0.15, -0.1) is 0 Å². The highest BCUT2D eigenvalue weighted by atomic mass is 19.1. The Balaban J connectivity index is 2.14. The molecule has 24 heavy (non-hydrogen) atoms. The fourth-order valence-electron chi connectivity index (χ4n) is 1.95. The van der Waals surface area contributed by atoms with Crippen molar-refractivity contribution in [1.29, 1.82) is 0 Å². The summed E-state index contributed by atoms with van der Waals surface area (Å²) in [6.45, 7) is 1.73. The molecule has 0 aliphatic carbocycles. The molecular weight excluding hydrogens is 317 g/mol. The standard InChI is InChI=1S/C15H16FN5O3/c1-8-19-11(14(17)21-23)6-12(20-8)15(22)18-7-9-3-4-10(16)13(5-9)24-2/h3-6,23H,7H2,1-2H3,(H2,17,21)(H,18,22). The molecule has 9 heteroatoms. The van der Waals surface area contributed by atoms with Crippen LogP contribution in [0.15, 0.2) is 29.4 Å². The van der Waals surface area contributed by atoms with Crippen LogP contribution in [-0.2, 0) is 6.54 Å². The van der Waals surface area contributed by atoms with Crippen LogP contribution in [0.3, 0.4) is 0 Å². The Bertz CT molecular complexity index is 795. The normalized spacial score (nSPS) is 11.2. The molecule has 2 rings (SSSR count). The van der Waals surface area contributed by atoms with E-state index >= 15 is 0 Å². The Morgan fingerprint density at radius 2 is 2.08 bits per heavy atom. The average Bonchev–Trinajstić information content (AvgIpc) is 2.59. The molecule has 0 aliphatic heterocycles. The first-order valence-corrected chi connectivity index (χ1v) is 6.88. The highest BCUT2D eigenvalue weighted by Crippen LogP contribution is 2.18. The number of rotatable bonds is 5. The first kappa shape index (κ1) is 17.1. The topological polar surface area (TPSA) is 123 Å². The Labute approximate surface area is 137 Å². The molecular formula is C15H16FN5O3. The lowest BCUT2D eigenvalue weighted by Gasteiger charge is -2.08. The molecule has 2 aromatic rings. The quantitative estimate of drug-likeness (QED) is 0.324. The van der Waals surface area contributed by atoms with E-state index in [4.69, 9.17) is 15.7 Å². The third-order valence-electron chi connectivity index (χ3n) is 3.11. The molecule has 0 aliphatic rings. The minimum atomic E-state index is -0.484. The van der Waals surface area contributed by atoms with Crippen molar-refractivity contribution in [3.05, 3.63) is 52.9 Å². The second kappa shape index (κ2) is 7.36. The van der Waals surface area contributed by atoms with Gasteiger partial charge < -0.3 is 21.0 Å². The summed E-state index contributed by atoms with van der Waals surface area (Å²) in [6, 6.07) is 5.59. The number of aromatic nitrogens is 2. The van der Waals surface area contributed by atoms with Crippen molar-refractivity contribution in [2.75, 3.05) is 7.11 Å². The van der Waals surface area contributed by atoms with Crippen molar-refractivity contribution in [2.45, 2.75) is 13.5 Å². The van der Waals surface area contributed by atoms with Gasteiger partial charge in [0.15, 0.2) is 17.4 Å². The van der Waals surface area contributed by atoms with E-state index in [0.29, 0.717) is 11.4 Å². The van der Waals surface area contributed by atoms with E-state index in [9.17, 15) is 9.18 Å². The van der Waals surface area contributed by atoms with E-state index in [2.05, 4.69) is 20.4 Å². The van der Waals surface area contributed by atoms with Crippen LogP contribution in [0.2, 0.25) is 0 Å². The summed E-state index contributed by atoms with van der Waals surface area (Å²) in [7, 11) is 1.36. The number of carbonyl (C=O) groups is 1. The van der Waals surface area contributed by atoms with E-state index in [1.165, 1.54) is 31.4 Å². The van der Waals surface area contributed by atoms with Crippen LogP contribution < -0.4 is 15.8 Å². The zero-order chi connectivity index (χ0) is 17.7. The molecule has 1 aromatic carbocycles. The first-order valence-electron chi connectivity index (χ1n) is 6.88. The SMILES string of the molecule is COc1cc(CNC(=O)c2cc(/C(N)=N/O)nc(C)n2)ccc1F. The van der Waals surface area contributed by atoms with Crippen LogP contribution in [0, 0.1) is 12.7 Å². The molecule has 126 valence electrons. The third-order valence-corrected chi connectivity index (χ3v) is 3.11. The number of amides is 1. The van der Waals surface area contributed by atoms with E-state index in [1.807, 2.05) is 0 Å². The van der Waals surface area contributed by atoms with Crippen molar-refractivity contribution < 1.29 is 19.1 Å². The van der Waals surface area contributed by atoms with Crippen molar-refractivity contribution >= 4 is 11.7 Å². The van der Waals surface area contributed by atoms with Gasteiger partial charge in [-0.05, 0) is 30.7 Å². The molecule has 0 radical (unpaired) electrons. The molecule has 0 saturated carbocycles. The number of oxime groups is 1. The highest BCUT2D eigenvalue weighted by molar-refractivity contribution is 5.98. The molecule has 0 saturated heterocycles. The summed E-state index contributed by atoms with van der Waals surface area (Å²) in [5.41, 5.74) is 6.33. The Morgan fingerprint density at radius 3 is 2.75 bits per heavy atom. The molecule has 1 amide bonds. The summed E-state index contributed by atoms with van der Waals surface area (Å²) in [4.78, 5) is 20.2. The fourth-order valence-corrected chi connectivity index (χ4v) is 1.95. The summed E-state index contributed by atoms with van der Waals surface area (Å²) in [5.74, 6) is -0.794. The van der Waals surface area contributed by atoms with Crippen LogP contribution in [0.25, 0.3) is 0 Å². The number of carbonyl (C=O) groups excluding carboxylic acids is 1. The lowest BCUT2D eigenvalue weighted by atomic mass is 10.2. The molecule has 0 spiro atoms. The van der Waals surface area contributed by atoms with E-state index in [1.54, 1.807) is 6.92 Å². The lowest BCUT2D eigenvalue weighted by molar-refractivity contribution is 0.0945. The number of benzene rings is 1. The van der Waals surface area contributed by atoms with Crippen LogP contribution >= 0.6 is 0 Å². The van der Waals surface area contributed by atoms with Crippen LogP contribution in [0.1, 0.15) is 27.6 Å². The van der Waals surface area contributed by atoms with E-state index in [-0.39, 0.29) is 29.5 Å². The van der Waals surface area contributed by atoms with Gasteiger partial charge in [0, 0.05) is 6.54 Å². The number of halogens is 1. The number of aryl methyl sites for hydroxylation is 1.